The van der Waals surface area contributed by atoms with Gasteiger partial charge in [0.1, 0.15) is 6.61 Å². The Morgan fingerprint density at radius 3 is 2.85 bits per heavy atom. The lowest BCUT2D eigenvalue weighted by atomic mass is 10.2. The summed E-state index contributed by atoms with van der Waals surface area (Å²) in [6.07, 6.45) is 3.55. The lowest BCUT2D eigenvalue weighted by Gasteiger charge is -2.14. The number of ether oxygens (including phenoxy) is 2. The molecule has 6 heteroatoms. The van der Waals surface area contributed by atoms with Gasteiger partial charge in [0, 0.05) is 13.1 Å². The molecule has 0 spiro atoms. The van der Waals surface area contributed by atoms with Crippen molar-refractivity contribution in [3.63, 3.8) is 0 Å². The van der Waals surface area contributed by atoms with Gasteiger partial charge in [-0.2, -0.15) is 0 Å². The lowest BCUT2D eigenvalue weighted by molar-refractivity contribution is 0.276. The summed E-state index contributed by atoms with van der Waals surface area (Å²) in [7, 11) is 1.58. The molecular formula is C14H18ClN3O2. The third-order valence-electron chi connectivity index (χ3n) is 3.03. The largest absolute Gasteiger partial charge is 0.493 e. The highest BCUT2D eigenvalue weighted by Crippen LogP contribution is 2.36. The molecule has 2 N–H and O–H groups in total. The van der Waals surface area contributed by atoms with E-state index >= 15 is 0 Å². The minimum Gasteiger partial charge on any atom is -0.493 e. The van der Waals surface area contributed by atoms with Gasteiger partial charge in [-0.15, -0.1) is 0 Å². The number of nitrogens with zero attached hydrogens (tertiary/aromatic N) is 2. The van der Waals surface area contributed by atoms with Crippen molar-refractivity contribution in [1.82, 2.24) is 9.55 Å². The smallest absolute Gasteiger partial charge is 0.180 e. The van der Waals surface area contributed by atoms with Crippen LogP contribution < -0.4 is 15.2 Å². The number of halogens is 1. The zero-order valence-electron chi connectivity index (χ0n) is 11.6. The maximum absolute atomic E-state index is 6.22. The lowest BCUT2D eigenvalue weighted by Crippen LogP contribution is -2.05. The van der Waals surface area contributed by atoms with E-state index in [1.165, 1.54) is 0 Å². The Labute approximate surface area is 123 Å². The predicted molar refractivity (Wildman–Crippen MR) is 78.1 cm³/mol. The maximum atomic E-state index is 6.22. The van der Waals surface area contributed by atoms with Crippen molar-refractivity contribution in [2.75, 3.05) is 7.11 Å². The first-order chi connectivity index (χ1) is 9.69. The zero-order chi connectivity index (χ0) is 14.5. The van der Waals surface area contributed by atoms with E-state index in [-0.39, 0.29) is 0 Å². The van der Waals surface area contributed by atoms with E-state index in [4.69, 9.17) is 26.8 Å². The molecule has 1 aromatic carbocycles. The van der Waals surface area contributed by atoms with Gasteiger partial charge in [0.15, 0.2) is 11.5 Å². The van der Waals surface area contributed by atoms with Crippen LogP contribution in [-0.4, -0.2) is 16.7 Å². The van der Waals surface area contributed by atoms with Crippen molar-refractivity contribution in [2.45, 2.75) is 26.6 Å². The van der Waals surface area contributed by atoms with E-state index in [1.54, 1.807) is 25.7 Å². The second-order valence-corrected chi connectivity index (χ2v) is 4.68. The Hall–Kier alpha value is -1.72. The van der Waals surface area contributed by atoms with Gasteiger partial charge in [-0.3, -0.25) is 0 Å². The molecular weight excluding hydrogens is 278 g/mol. The quantitative estimate of drug-likeness (QED) is 0.890. The van der Waals surface area contributed by atoms with Crippen molar-refractivity contribution in [2.24, 2.45) is 5.73 Å². The summed E-state index contributed by atoms with van der Waals surface area (Å²) >= 11 is 6.22. The number of imidazole rings is 1. The van der Waals surface area contributed by atoms with Crippen molar-refractivity contribution >= 4 is 11.6 Å². The normalized spacial score (nSPS) is 10.6. The van der Waals surface area contributed by atoms with E-state index in [1.807, 2.05) is 10.6 Å². The minimum atomic E-state index is 0.381. The van der Waals surface area contributed by atoms with Gasteiger partial charge in [-0.1, -0.05) is 11.6 Å². The molecule has 0 aliphatic rings. The van der Waals surface area contributed by atoms with Crippen molar-refractivity contribution < 1.29 is 9.47 Å². The molecule has 0 radical (unpaired) electrons. The zero-order valence-corrected chi connectivity index (χ0v) is 12.4. The molecule has 20 heavy (non-hydrogen) atoms. The highest BCUT2D eigenvalue weighted by molar-refractivity contribution is 6.32. The van der Waals surface area contributed by atoms with Gasteiger partial charge in [0.25, 0.3) is 0 Å². The van der Waals surface area contributed by atoms with Crippen LogP contribution in [0, 0.1) is 0 Å². The van der Waals surface area contributed by atoms with E-state index in [0.29, 0.717) is 29.7 Å². The van der Waals surface area contributed by atoms with Crippen LogP contribution >= 0.6 is 11.6 Å². The Bertz CT molecular complexity index is 584. The van der Waals surface area contributed by atoms with E-state index in [2.05, 4.69) is 11.9 Å². The molecule has 0 fully saturated rings. The SMILES string of the molecule is CCn1cncc1COc1c(Cl)cc(CN)cc1OC. The van der Waals surface area contributed by atoms with Gasteiger partial charge in [-0.25, -0.2) is 4.98 Å². The van der Waals surface area contributed by atoms with E-state index < -0.39 is 0 Å². The first-order valence-electron chi connectivity index (χ1n) is 6.37. The topological polar surface area (TPSA) is 62.3 Å². The molecule has 5 nitrogen and oxygen atoms in total. The monoisotopic (exact) mass is 295 g/mol. The van der Waals surface area contributed by atoms with Crippen molar-refractivity contribution in [3.8, 4) is 11.5 Å². The summed E-state index contributed by atoms with van der Waals surface area (Å²) in [5, 5.41) is 0.493. The molecule has 2 rings (SSSR count). The van der Waals surface area contributed by atoms with Crippen LogP contribution in [0.5, 0.6) is 11.5 Å². The first-order valence-corrected chi connectivity index (χ1v) is 6.75. The summed E-state index contributed by atoms with van der Waals surface area (Å²) in [6.45, 7) is 3.68. The molecule has 1 aromatic heterocycles. The van der Waals surface area contributed by atoms with Crippen LogP contribution in [0.4, 0.5) is 0 Å². The van der Waals surface area contributed by atoms with Gasteiger partial charge < -0.3 is 19.8 Å². The summed E-state index contributed by atoms with van der Waals surface area (Å²) in [4.78, 5) is 4.10. The fraction of sp³-hybridized carbons (Fsp3) is 0.357. The number of hydrogen-bond acceptors (Lipinski definition) is 4. The molecule has 0 aliphatic heterocycles. The van der Waals surface area contributed by atoms with Crippen LogP contribution in [0.3, 0.4) is 0 Å². The van der Waals surface area contributed by atoms with Crippen molar-refractivity contribution in [3.05, 3.63) is 40.9 Å². The second-order valence-electron chi connectivity index (χ2n) is 4.27. The van der Waals surface area contributed by atoms with Gasteiger partial charge in [0.2, 0.25) is 0 Å². The number of aryl methyl sites for hydroxylation is 1. The fourth-order valence-corrected chi connectivity index (χ4v) is 2.22. The predicted octanol–water partition coefficient (Wildman–Crippen LogP) is 2.60. The highest BCUT2D eigenvalue weighted by Gasteiger charge is 2.12. The molecule has 1 heterocycles. The van der Waals surface area contributed by atoms with Gasteiger partial charge >= 0.3 is 0 Å². The number of rotatable bonds is 6. The summed E-state index contributed by atoms with van der Waals surface area (Å²) in [5.74, 6) is 1.11. The minimum absolute atomic E-state index is 0.381. The Morgan fingerprint density at radius 2 is 2.20 bits per heavy atom. The summed E-state index contributed by atoms with van der Waals surface area (Å²) < 4.78 is 13.1. The van der Waals surface area contributed by atoms with Crippen LogP contribution in [0.2, 0.25) is 5.02 Å². The average Bonchev–Trinajstić information content (AvgIpc) is 2.92. The molecule has 0 atom stereocenters. The fourth-order valence-electron chi connectivity index (χ4n) is 1.93. The summed E-state index contributed by atoms with van der Waals surface area (Å²) in [5.41, 5.74) is 7.50. The number of nitrogens with two attached hydrogens (primary N) is 1. The third kappa shape index (κ3) is 3.05. The van der Waals surface area contributed by atoms with Crippen LogP contribution in [0.15, 0.2) is 24.7 Å². The molecule has 2 aromatic rings. The third-order valence-corrected chi connectivity index (χ3v) is 3.31. The molecule has 0 amide bonds. The Morgan fingerprint density at radius 1 is 1.40 bits per heavy atom. The molecule has 0 unspecified atom stereocenters. The first kappa shape index (κ1) is 14.7. The molecule has 108 valence electrons. The van der Waals surface area contributed by atoms with Crippen molar-refractivity contribution in [1.29, 1.82) is 0 Å². The van der Waals surface area contributed by atoms with E-state index in [0.717, 1.165) is 17.8 Å². The maximum Gasteiger partial charge on any atom is 0.180 e. The van der Waals surface area contributed by atoms with Crippen LogP contribution in [0.1, 0.15) is 18.2 Å². The van der Waals surface area contributed by atoms with E-state index in [9.17, 15) is 0 Å². The standard InChI is InChI=1S/C14H18ClN3O2/c1-3-18-9-17-7-11(18)8-20-14-12(15)4-10(6-16)5-13(14)19-2/h4-5,7,9H,3,6,8,16H2,1-2H3. The second kappa shape index (κ2) is 6.63. The van der Waals surface area contributed by atoms with Gasteiger partial charge in [-0.05, 0) is 24.6 Å². The highest BCUT2D eigenvalue weighted by atomic mass is 35.5. The Balaban J connectivity index is 2.21. The van der Waals surface area contributed by atoms with Gasteiger partial charge in [0.05, 0.1) is 30.4 Å². The number of methoxy groups -OCH3 is 1. The summed E-state index contributed by atoms with van der Waals surface area (Å²) in [6, 6.07) is 3.62. The Kier molecular flexibility index (Phi) is 4.87. The van der Waals surface area contributed by atoms with Crippen LogP contribution in [0.25, 0.3) is 0 Å². The molecule has 0 bridgehead atoms. The molecule has 0 saturated carbocycles. The molecule has 0 saturated heterocycles. The average molecular weight is 296 g/mol. The number of hydrogen-bond donors (Lipinski definition) is 1. The van der Waals surface area contributed by atoms with Crippen LogP contribution in [-0.2, 0) is 19.7 Å². The number of benzene rings is 1. The molecule has 0 aliphatic carbocycles. The number of aromatic nitrogens is 2.